The summed E-state index contributed by atoms with van der Waals surface area (Å²) < 4.78 is 6.98. The zero-order chi connectivity index (χ0) is 20.2. The van der Waals surface area contributed by atoms with E-state index in [2.05, 4.69) is 20.6 Å². The number of ether oxygens (including phenoxy) is 1. The minimum atomic E-state index is -0.293. The molecule has 7 nitrogen and oxygen atoms in total. The lowest BCUT2D eigenvalue weighted by Crippen LogP contribution is -2.11. The van der Waals surface area contributed by atoms with Gasteiger partial charge < -0.3 is 10.1 Å². The molecular weight excluding hydrogens is 390 g/mol. The van der Waals surface area contributed by atoms with Gasteiger partial charge in [-0.25, -0.2) is 0 Å². The fraction of sp³-hybridized carbons (Fsp3) is 0.0952. The summed E-state index contributed by atoms with van der Waals surface area (Å²) in [5.74, 6) is 0.498. The molecule has 0 aliphatic carbocycles. The molecule has 0 aliphatic rings. The molecule has 0 saturated carbocycles. The van der Waals surface area contributed by atoms with Gasteiger partial charge in [-0.05, 0) is 35.9 Å². The molecule has 2 N–H and O–H groups in total. The first-order chi connectivity index (χ1) is 14.1. The molecule has 4 aromatic rings. The number of halogens is 1. The van der Waals surface area contributed by atoms with Crippen molar-refractivity contribution in [3.05, 3.63) is 83.3 Å². The number of H-pyrrole nitrogens is 1. The Morgan fingerprint density at radius 2 is 2.03 bits per heavy atom. The van der Waals surface area contributed by atoms with Crippen molar-refractivity contribution in [1.29, 1.82) is 0 Å². The molecule has 0 unspecified atom stereocenters. The molecule has 0 aliphatic heterocycles. The number of carbonyl (C=O) groups is 1. The topological polar surface area (TPSA) is 84.8 Å². The molecule has 2 heterocycles. The van der Waals surface area contributed by atoms with Crippen molar-refractivity contribution in [1.82, 2.24) is 20.0 Å². The van der Waals surface area contributed by atoms with Crippen molar-refractivity contribution < 1.29 is 9.53 Å². The average molecular weight is 408 g/mol. The Balaban J connectivity index is 1.42. The van der Waals surface area contributed by atoms with Crippen LogP contribution < -0.4 is 10.1 Å². The molecule has 0 saturated heterocycles. The Morgan fingerprint density at radius 3 is 2.83 bits per heavy atom. The van der Waals surface area contributed by atoms with E-state index >= 15 is 0 Å². The summed E-state index contributed by atoms with van der Waals surface area (Å²) >= 11 is 5.91. The van der Waals surface area contributed by atoms with Crippen molar-refractivity contribution in [2.45, 2.75) is 6.54 Å². The van der Waals surface area contributed by atoms with Gasteiger partial charge in [0, 0.05) is 16.8 Å². The van der Waals surface area contributed by atoms with E-state index in [-0.39, 0.29) is 5.91 Å². The van der Waals surface area contributed by atoms with Crippen LogP contribution in [0.2, 0.25) is 5.02 Å². The smallest absolute Gasteiger partial charge is 0.273 e. The summed E-state index contributed by atoms with van der Waals surface area (Å²) in [5.41, 5.74) is 3.54. The second-order valence-corrected chi connectivity index (χ2v) is 6.84. The van der Waals surface area contributed by atoms with E-state index in [9.17, 15) is 4.79 Å². The third-order valence-corrected chi connectivity index (χ3v) is 4.58. The second kappa shape index (κ2) is 8.20. The standard InChI is InChI=1S/C21H18ClN5O2/c1-29-18-4-2-3-14(9-18)12-27-13-17(11-23-27)24-21(28)20-10-19(25-26-20)15-5-7-16(22)8-6-15/h2-11,13H,12H2,1H3,(H,24,28)(H,25,26). The molecule has 0 atom stereocenters. The minimum absolute atomic E-state index is 0.293. The first kappa shape index (κ1) is 18.8. The number of anilines is 1. The van der Waals surface area contributed by atoms with Crippen molar-refractivity contribution in [3.63, 3.8) is 0 Å². The quantitative estimate of drug-likeness (QED) is 0.500. The summed E-state index contributed by atoms with van der Waals surface area (Å²) in [5, 5.41) is 14.7. The van der Waals surface area contributed by atoms with Crippen LogP contribution in [0.5, 0.6) is 5.75 Å². The molecular formula is C21H18ClN5O2. The van der Waals surface area contributed by atoms with Gasteiger partial charge in [0.25, 0.3) is 5.91 Å². The van der Waals surface area contributed by atoms with Crippen LogP contribution in [0.25, 0.3) is 11.3 Å². The molecule has 0 fully saturated rings. The van der Waals surface area contributed by atoms with E-state index < -0.39 is 0 Å². The molecule has 2 aromatic heterocycles. The largest absolute Gasteiger partial charge is 0.497 e. The lowest BCUT2D eigenvalue weighted by atomic mass is 10.1. The monoisotopic (exact) mass is 407 g/mol. The number of hydrogen-bond acceptors (Lipinski definition) is 4. The highest BCUT2D eigenvalue weighted by Gasteiger charge is 2.12. The van der Waals surface area contributed by atoms with Crippen molar-refractivity contribution in [2.24, 2.45) is 0 Å². The number of amides is 1. The third kappa shape index (κ3) is 4.47. The molecule has 0 bridgehead atoms. The van der Waals surface area contributed by atoms with Gasteiger partial charge in [0.05, 0.1) is 31.2 Å². The Bertz CT molecular complexity index is 1130. The summed E-state index contributed by atoms with van der Waals surface area (Å²) in [6, 6.07) is 16.7. The van der Waals surface area contributed by atoms with Gasteiger partial charge in [-0.3, -0.25) is 14.6 Å². The van der Waals surface area contributed by atoms with Gasteiger partial charge in [-0.1, -0.05) is 35.9 Å². The molecule has 8 heteroatoms. The predicted octanol–water partition coefficient (Wildman–Crippen LogP) is 4.24. The van der Waals surface area contributed by atoms with Crippen molar-refractivity contribution in [2.75, 3.05) is 12.4 Å². The normalized spacial score (nSPS) is 10.7. The van der Waals surface area contributed by atoms with Crippen LogP contribution in [-0.4, -0.2) is 33.0 Å². The lowest BCUT2D eigenvalue weighted by molar-refractivity contribution is 0.102. The molecule has 4 rings (SSSR count). The van der Waals surface area contributed by atoms with Crippen LogP contribution in [0.3, 0.4) is 0 Å². The van der Waals surface area contributed by atoms with Crippen molar-refractivity contribution >= 4 is 23.2 Å². The van der Waals surface area contributed by atoms with E-state index in [0.717, 1.165) is 16.9 Å². The van der Waals surface area contributed by atoms with Gasteiger partial charge in [-0.15, -0.1) is 0 Å². The van der Waals surface area contributed by atoms with Gasteiger partial charge in [-0.2, -0.15) is 10.2 Å². The fourth-order valence-electron chi connectivity index (χ4n) is 2.88. The summed E-state index contributed by atoms with van der Waals surface area (Å²) in [7, 11) is 1.63. The maximum Gasteiger partial charge on any atom is 0.273 e. The molecule has 0 spiro atoms. The summed E-state index contributed by atoms with van der Waals surface area (Å²) in [4.78, 5) is 12.5. The number of nitrogens with one attached hydrogen (secondary N) is 2. The lowest BCUT2D eigenvalue weighted by Gasteiger charge is -2.04. The van der Waals surface area contributed by atoms with E-state index in [1.165, 1.54) is 0 Å². The molecule has 2 aromatic carbocycles. The molecule has 0 radical (unpaired) electrons. The Morgan fingerprint density at radius 1 is 1.21 bits per heavy atom. The predicted molar refractivity (Wildman–Crippen MR) is 111 cm³/mol. The SMILES string of the molecule is COc1cccc(Cn2cc(NC(=O)c3cc(-c4ccc(Cl)cc4)n[nH]3)cn2)c1. The Kier molecular flexibility index (Phi) is 5.31. The average Bonchev–Trinajstić information content (AvgIpc) is 3.39. The highest BCUT2D eigenvalue weighted by atomic mass is 35.5. The van der Waals surface area contributed by atoms with E-state index in [0.29, 0.717) is 28.6 Å². The van der Waals surface area contributed by atoms with E-state index in [4.69, 9.17) is 16.3 Å². The highest BCUT2D eigenvalue weighted by molar-refractivity contribution is 6.30. The van der Waals surface area contributed by atoms with Crippen molar-refractivity contribution in [3.8, 4) is 17.0 Å². The van der Waals surface area contributed by atoms with Crippen LogP contribution in [0.4, 0.5) is 5.69 Å². The summed E-state index contributed by atoms with van der Waals surface area (Å²) in [6.07, 6.45) is 3.38. The van der Waals surface area contributed by atoms with Crippen LogP contribution in [0, 0.1) is 0 Å². The van der Waals surface area contributed by atoms with Gasteiger partial charge in [0.1, 0.15) is 11.4 Å². The zero-order valence-corrected chi connectivity index (χ0v) is 16.3. The number of aromatic nitrogens is 4. The number of carbonyl (C=O) groups excluding carboxylic acids is 1. The molecule has 1 amide bonds. The van der Waals surface area contributed by atoms with Gasteiger partial charge >= 0.3 is 0 Å². The maximum atomic E-state index is 12.5. The van der Waals surface area contributed by atoms with E-state index in [1.54, 1.807) is 42.4 Å². The molecule has 29 heavy (non-hydrogen) atoms. The third-order valence-electron chi connectivity index (χ3n) is 4.33. The molecule has 146 valence electrons. The highest BCUT2D eigenvalue weighted by Crippen LogP contribution is 2.21. The van der Waals surface area contributed by atoms with Crippen LogP contribution >= 0.6 is 11.6 Å². The van der Waals surface area contributed by atoms with Crippen LogP contribution in [-0.2, 0) is 6.54 Å². The van der Waals surface area contributed by atoms with E-state index in [1.807, 2.05) is 36.4 Å². The number of rotatable bonds is 6. The number of benzene rings is 2. The van der Waals surface area contributed by atoms with Crippen LogP contribution in [0.15, 0.2) is 67.0 Å². The van der Waals surface area contributed by atoms with Gasteiger partial charge in [0.15, 0.2) is 0 Å². The Labute approximate surface area is 172 Å². The first-order valence-electron chi connectivity index (χ1n) is 8.89. The fourth-order valence-corrected chi connectivity index (χ4v) is 3.00. The zero-order valence-electron chi connectivity index (χ0n) is 15.6. The number of hydrogen-bond donors (Lipinski definition) is 2. The number of aromatic amines is 1. The first-order valence-corrected chi connectivity index (χ1v) is 9.26. The number of nitrogens with zero attached hydrogens (tertiary/aromatic N) is 3. The van der Waals surface area contributed by atoms with Gasteiger partial charge in [0.2, 0.25) is 0 Å². The minimum Gasteiger partial charge on any atom is -0.497 e. The number of methoxy groups -OCH3 is 1. The second-order valence-electron chi connectivity index (χ2n) is 6.41. The summed E-state index contributed by atoms with van der Waals surface area (Å²) in [6.45, 7) is 0.567. The Hall–Kier alpha value is -3.58. The maximum absolute atomic E-state index is 12.5. The van der Waals surface area contributed by atoms with Crippen LogP contribution in [0.1, 0.15) is 16.1 Å².